The van der Waals surface area contributed by atoms with Crippen LogP contribution in [0.5, 0.6) is 0 Å². The van der Waals surface area contributed by atoms with Crippen LogP contribution in [0.1, 0.15) is 60.3 Å². The minimum absolute atomic E-state index is 0.885. The van der Waals surface area contributed by atoms with Gasteiger partial charge < -0.3 is 4.12 Å². The van der Waals surface area contributed by atoms with Crippen molar-refractivity contribution in [3.63, 3.8) is 0 Å². The molecule has 0 N–H and O–H groups in total. The molecule has 0 aromatic carbocycles. The number of hydrogen-bond donors (Lipinski definition) is 0. The molecular formula is C14H34OSi2. The number of rotatable bonds is 11. The van der Waals surface area contributed by atoms with E-state index in [0.29, 0.717) is 0 Å². The third-order valence-electron chi connectivity index (χ3n) is 4.11. The van der Waals surface area contributed by atoms with Gasteiger partial charge in [0.1, 0.15) is 0 Å². The summed E-state index contributed by atoms with van der Waals surface area (Å²) < 4.78 is 6.77. The summed E-state index contributed by atoms with van der Waals surface area (Å²) in [4.78, 5) is 0. The van der Waals surface area contributed by atoms with Gasteiger partial charge in [0.05, 0.1) is 0 Å². The minimum atomic E-state index is -1.32. The van der Waals surface area contributed by atoms with E-state index in [0.717, 1.165) is 0 Å². The second-order valence-corrected chi connectivity index (χ2v) is 13.1. The second kappa shape index (κ2) is 10.3. The van der Waals surface area contributed by atoms with Crippen molar-refractivity contribution in [3.8, 4) is 0 Å². The van der Waals surface area contributed by atoms with Gasteiger partial charge in [0.2, 0.25) is 0 Å². The van der Waals surface area contributed by atoms with Gasteiger partial charge in [-0.25, -0.2) is 0 Å². The van der Waals surface area contributed by atoms with Crippen molar-refractivity contribution >= 4 is 17.4 Å². The maximum absolute atomic E-state index is 6.77. The molecule has 104 valence electrons. The highest BCUT2D eigenvalue weighted by molar-refractivity contribution is 6.80. The Morgan fingerprint density at radius 3 is 1.47 bits per heavy atom. The van der Waals surface area contributed by atoms with Gasteiger partial charge in [-0.15, -0.1) is 0 Å². The van der Waals surface area contributed by atoms with Crippen LogP contribution in [0.2, 0.25) is 30.2 Å². The first-order chi connectivity index (χ1) is 8.17. The summed E-state index contributed by atoms with van der Waals surface area (Å²) in [7, 11) is -2.20. The Bertz CT molecular complexity index is 153. The zero-order valence-corrected chi connectivity index (χ0v) is 15.0. The van der Waals surface area contributed by atoms with Crippen LogP contribution in [0.25, 0.3) is 0 Å². The monoisotopic (exact) mass is 274 g/mol. The highest BCUT2D eigenvalue weighted by Gasteiger charge is 2.31. The van der Waals surface area contributed by atoms with E-state index >= 15 is 0 Å². The van der Waals surface area contributed by atoms with Crippen molar-refractivity contribution < 1.29 is 4.12 Å². The molecule has 0 spiro atoms. The van der Waals surface area contributed by atoms with Gasteiger partial charge in [-0.1, -0.05) is 60.3 Å². The summed E-state index contributed by atoms with van der Waals surface area (Å²) >= 11 is 0. The molecule has 0 rings (SSSR count). The van der Waals surface area contributed by atoms with Gasteiger partial charge in [0.25, 0.3) is 0 Å². The second-order valence-electron chi connectivity index (χ2n) is 5.27. The molecule has 0 fully saturated rings. The Morgan fingerprint density at radius 2 is 1.18 bits per heavy atom. The highest BCUT2D eigenvalue weighted by Crippen LogP contribution is 2.25. The molecule has 0 atom stereocenters. The topological polar surface area (TPSA) is 9.23 Å². The standard InChI is InChI=1S/C14H34OSi2/c1-6-11-13-16(14-12-7-2)15-17(8-3,9-4)10-5/h16H,6-14H2,1-5H3. The molecule has 3 heteroatoms. The lowest BCUT2D eigenvalue weighted by atomic mass is 10.4. The fraction of sp³-hybridized carbons (Fsp3) is 1.00. The van der Waals surface area contributed by atoms with Gasteiger partial charge in [0, 0.05) is 0 Å². The zero-order valence-electron chi connectivity index (χ0n) is 12.8. The average molecular weight is 275 g/mol. The van der Waals surface area contributed by atoms with E-state index in [4.69, 9.17) is 4.12 Å². The predicted molar refractivity (Wildman–Crippen MR) is 84.9 cm³/mol. The van der Waals surface area contributed by atoms with Crippen molar-refractivity contribution in [2.75, 3.05) is 0 Å². The summed E-state index contributed by atoms with van der Waals surface area (Å²) in [5, 5.41) is 0. The third-order valence-corrected chi connectivity index (χ3v) is 13.4. The molecule has 0 saturated heterocycles. The Morgan fingerprint density at radius 1 is 0.765 bits per heavy atom. The van der Waals surface area contributed by atoms with Crippen LogP contribution >= 0.6 is 0 Å². The molecule has 0 aliphatic rings. The first-order valence-corrected chi connectivity index (χ1v) is 12.5. The quantitative estimate of drug-likeness (QED) is 0.463. The largest absolute Gasteiger partial charge is 0.457 e. The van der Waals surface area contributed by atoms with Crippen LogP contribution in [0.3, 0.4) is 0 Å². The Hall–Kier alpha value is 0.394. The molecule has 1 nitrogen and oxygen atoms in total. The van der Waals surface area contributed by atoms with Crippen LogP contribution in [-0.2, 0) is 4.12 Å². The summed E-state index contributed by atoms with van der Waals surface area (Å²) in [5.74, 6) is 0. The molecule has 0 unspecified atom stereocenters. The summed E-state index contributed by atoms with van der Waals surface area (Å²) in [6, 6.07) is 6.81. The van der Waals surface area contributed by atoms with Crippen LogP contribution < -0.4 is 0 Å². The molecule has 0 radical (unpaired) electrons. The van der Waals surface area contributed by atoms with Crippen molar-refractivity contribution in [2.24, 2.45) is 0 Å². The van der Waals surface area contributed by atoms with Crippen LogP contribution in [-0.4, -0.2) is 17.4 Å². The number of hydrogen-bond acceptors (Lipinski definition) is 1. The smallest absolute Gasteiger partial charge is 0.178 e. The predicted octanol–water partition coefficient (Wildman–Crippen LogP) is 5.33. The number of unbranched alkanes of at least 4 members (excludes halogenated alkanes) is 2. The van der Waals surface area contributed by atoms with Crippen molar-refractivity contribution in [1.29, 1.82) is 0 Å². The van der Waals surface area contributed by atoms with Crippen LogP contribution in [0.15, 0.2) is 0 Å². The molecule has 0 aliphatic heterocycles. The lowest BCUT2D eigenvalue weighted by molar-refractivity contribution is 0.529. The van der Waals surface area contributed by atoms with Gasteiger partial charge in [-0.2, -0.15) is 0 Å². The van der Waals surface area contributed by atoms with Gasteiger partial charge in [-0.3, -0.25) is 0 Å². The van der Waals surface area contributed by atoms with Gasteiger partial charge in [0.15, 0.2) is 17.4 Å². The van der Waals surface area contributed by atoms with Crippen molar-refractivity contribution in [3.05, 3.63) is 0 Å². The SMILES string of the molecule is CCCC[SiH](CCCC)O[Si](CC)(CC)CC. The van der Waals surface area contributed by atoms with Gasteiger partial charge in [-0.05, 0) is 30.2 Å². The fourth-order valence-corrected chi connectivity index (χ4v) is 11.8. The van der Waals surface area contributed by atoms with E-state index in [1.54, 1.807) is 0 Å². The molecule has 0 heterocycles. The minimum Gasteiger partial charge on any atom is -0.457 e. The lowest BCUT2D eigenvalue weighted by Gasteiger charge is -2.33. The van der Waals surface area contributed by atoms with E-state index in [9.17, 15) is 0 Å². The molecule has 0 saturated carbocycles. The summed E-state index contributed by atoms with van der Waals surface area (Å²) in [6.07, 6.45) is 5.44. The Kier molecular flexibility index (Phi) is 10.6. The molecule has 17 heavy (non-hydrogen) atoms. The maximum Gasteiger partial charge on any atom is 0.178 e. The van der Waals surface area contributed by atoms with E-state index < -0.39 is 17.4 Å². The van der Waals surface area contributed by atoms with E-state index in [-0.39, 0.29) is 0 Å². The Balaban J connectivity index is 4.34. The van der Waals surface area contributed by atoms with Gasteiger partial charge >= 0.3 is 0 Å². The maximum atomic E-state index is 6.77. The van der Waals surface area contributed by atoms with E-state index in [2.05, 4.69) is 34.6 Å². The van der Waals surface area contributed by atoms with E-state index in [1.165, 1.54) is 55.9 Å². The van der Waals surface area contributed by atoms with Crippen molar-refractivity contribution in [1.82, 2.24) is 0 Å². The Labute approximate surface area is 112 Å². The molecule has 0 amide bonds. The highest BCUT2D eigenvalue weighted by atomic mass is 28.4. The first kappa shape index (κ1) is 17.4. The molecule has 0 aromatic rings. The average Bonchev–Trinajstić information content (AvgIpc) is 2.38. The molecule has 0 aromatic heterocycles. The molecule has 0 aliphatic carbocycles. The molecular weight excluding hydrogens is 240 g/mol. The zero-order chi connectivity index (χ0) is 13.1. The van der Waals surface area contributed by atoms with Crippen molar-refractivity contribution in [2.45, 2.75) is 90.5 Å². The third kappa shape index (κ3) is 6.77. The first-order valence-electron chi connectivity index (χ1n) is 7.85. The molecule has 0 bridgehead atoms. The van der Waals surface area contributed by atoms with E-state index in [1.807, 2.05) is 0 Å². The lowest BCUT2D eigenvalue weighted by Crippen LogP contribution is -2.41. The van der Waals surface area contributed by atoms with Crippen LogP contribution in [0.4, 0.5) is 0 Å². The van der Waals surface area contributed by atoms with Crippen LogP contribution in [0, 0.1) is 0 Å². The fourth-order valence-electron chi connectivity index (χ4n) is 2.48. The summed E-state index contributed by atoms with van der Waals surface area (Å²) in [6.45, 7) is 11.7. The normalized spacial score (nSPS) is 12.4. The summed E-state index contributed by atoms with van der Waals surface area (Å²) in [5.41, 5.74) is 0.